The fourth-order valence-corrected chi connectivity index (χ4v) is 3.88. The molecule has 33 heavy (non-hydrogen) atoms. The maximum atomic E-state index is 12.6. The van der Waals surface area contributed by atoms with Crippen molar-refractivity contribution in [2.24, 2.45) is 5.92 Å². The van der Waals surface area contributed by atoms with Gasteiger partial charge in [-0.25, -0.2) is 4.79 Å². The van der Waals surface area contributed by atoms with E-state index in [-0.39, 0.29) is 0 Å². The summed E-state index contributed by atoms with van der Waals surface area (Å²) in [6.45, 7) is 7.11. The predicted molar refractivity (Wildman–Crippen MR) is 136 cm³/mol. The van der Waals surface area contributed by atoms with Crippen molar-refractivity contribution in [3.63, 3.8) is 0 Å². The predicted octanol–water partition coefficient (Wildman–Crippen LogP) is 8.28. The molecule has 0 saturated carbocycles. The Labute approximate surface area is 198 Å². The Hall–Kier alpha value is -2.91. The third kappa shape index (κ3) is 7.30. The van der Waals surface area contributed by atoms with Gasteiger partial charge in [0, 0.05) is 0 Å². The standard InChI is InChI=1S/C30H36O3/c1-4-6-7-11-20-32-33-30(31)27-18-19-28(29(22-27)25-12-9-8-10-13-25)26-16-14-24(15-17-26)21-23(3)5-2/h8-10,12-19,22-23H,4-7,11,20-21H2,1-3H3/t23-/m0/s1. The van der Waals surface area contributed by atoms with E-state index in [4.69, 9.17) is 9.78 Å². The molecule has 0 aromatic heterocycles. The maximum absolute atomic E-state index is 12.6. The molecule has 0 radical (unpaired) electrons. The van der Waals surface area contributed by atoms with E-state index >= 15 is 0 Å². The monoisotopic (exact) mass is 444 g/mol. The van der Waals surface area contributed by atoms with Crippen LogP contribution in [0.25, 0.3) is 22.3 Å². The topological polar surface area (TPSA) is 35.5 Å². The molecule has 3 nitrogen and oxygen atoms in total. The number of rotatable bonds is 12. The van der Waals surface area contributed by atoms with Gasteiger partial charge in [0.05, 0.1) is 12.2 Å². The van der Waals surface area contributed by atoms with Gasteiger partial charge in [-0.3, -0.25) is 4.89 Å². The second-order valence-corrected chi connectivity index (χ2v) is 8.79. The molecule has 0 aliphatic carbocycles. The summed E-state index contributed by atoms with van der Waals surface area (Å²) in [6.07, 6.45) is 6.57. The third-order valence-corrected chi connectivity index (χ3v) is 6.10. The minimum Gasteiger partial charge on any atom is -0.293 e. The van der Waals surface area contributed by atoms with Gasteiger partial charge in [0.25, 0.3) is 0 Å². The molecule has 1 atom stereocenters. The molecule has 0 saturated heterocycles. The van der Waals surface area contributed by atoms with E-state index in [2.05, 4.69) is 57.2 Å². The molecule has 0 N–H and O–H groups in total. The van der Waals surface area contributed by atoms with Gasteiger partial charge in [-0.05, 0) is 58.7 Å². The fraction of sp³-hybridized carbons (Fsp3) is 0.367. The highest BCUT2D eigenvalue weighted by Crippen LogP contribution is 2.33. The Morgan fingerprint density at radius 3 is 2.24 bits per heavy atom. The van der Waals surface area contributed by atoms with Crippen LogP contribution in [0.4, 0.5) is 0 Å². The van der Waals surface area contributed by atoms with Gasteiger partial charge in [0.15, 0.2) is 0 Å². The summed E-state index contributed by atoms with van der Waals surface area (Å²) in [4.78, 5) is 22.8. The second kappa shape index (κ2) is 13.0. The van der Waals surface area contributed by atoms with Gasteiger partial charge in [0.2, 0.25) is 0 Å². The van der Waals surface area contributed by atoms with E-state index < -0.39 is 5.97 Å². The average Bonchev–Trinajstić information content (AvgIpc) is 2.86. The van der Waals surface area contributed by atoms with E-state index in [9.17, 15) is 4.79 Å². The van der Waals surface area contributed by atoms with Crippen LogP contribution in [0.3, 0.4) is 0 Å². The van der Waals surface area contributed by atoms with Crippen LogP contribution in [-0.2, 0) is 16.2 Å². The third-order valence-electron chi connectivity index (χ3n) is 6.10. The van der Waals surface area contributed by atoms with E-state index in [0.29, 0.717) is 18.1 Å². The summed E-state index contributed by atoms with van der Waals surface area (Å²) in [6, 6.07) is 24.7. The summed E-state index contributed by atoms with van der Waals surface area (Å²) in [5, 5.41) is 0. The molecular formula is C30H36O3. The second-order valence-electron chi connectivity index (χ2n) is 8.79. The molecule has 0 unspecified atom stereocenters. The highest BCUT2D eigenvalue weighted by Gasteiger charge is 2.15. The van der Waals surface area contributed by atoms with E-state index in [0.717, 1.165) is 54.4 Å². The Morgan fingerprint density at radius 1 is 0.818 bits per heavy atom. The van der Waals surface area contributed by atoms with Crippen molar-refractivity contribution in [3.05, 3.63) is 83.9 Å². The highest BCUT2D eigenvalue weighted by atomic mass is 17.2. The van der Waals surface area contributed by atoms with Crippen molar-refractivity contribution in [3.8, 4) is 22.3 Å². The summed E-state index contributed by atoms with van der Waals surface area (Å²) >= 11 is 0. The zero-order valence-electron chi connectivity index (χ0n) is 20.2. The molecule has 0 aliphatic heterocycles. The van der Waals surface area contributed by atoms with Crippen LogP contribution >= 0.6 is 0 Å². The molecule has 3 heteroatoms. The molecule has 174 valence electrons. The van der Waals surface area contributed by atoms with Crippen molar-refractivity contribution < 1.29 is 14.6 Å². The largest absolute Gasteiger partial charge is 0.373 e. The van der Waals surface area contributed by atoms with Gasteiger partial charge in [-0.2, -0.15) is 4.89 Å². The average molecular weight is 445 g/mol. The van der Waals surface area contributed by atoms with Crippen LogP contribution in [0, 0.1) is 5.92 Å². The molecule has 3 rings (SSSR count). The van der Waals surface area contributed by atoms with Gasteiger partial charge in [-0.1, -0.05) is 107 Å². The molecule has 3 aromatic rings. The van der Waals surface area contributed by atoms with Crippen LogP contribution in [0.2, 0.25) is 0 Å². The van der Waals surface area contributed by atoms with Crippen LogP contribution in [0.1, 0.15) is 68.8 Å². The molecule has 3 aromatic carbocycles. The zero-order valence-corrected chi connectivity index (χ0v) is 20.2. The number of hydrogen-bond acceptors (Lipinski definition) is 3. The molecule has 0 amide bonds. The minimum absolute atomic E-state index is 0.429. The van der Waals surface area contributed by atoms with Crippen LogP contribution < -0.4 is 0 Å². The summed E-state index contributed by atoms with van der Waals surface area (Å²) in [5.74, 6) is 0.216. The molecule has 0 aliphatic rings. The number of carbonyl (C=O) groups is 1. The first-order chi connectivity index (χ1) is 16.1. The fourth-order valence-electron chi connectivity index (χ4n) is 3.88. The first-order valence-electron chi connectivity index (χ1n) is 12.2. The lowest BCUT2D eigenvalue weighted by Gasteiger charge is -2.14. The Bertz CT molecular complexity index is 993. The van der Waals surface area contributed by atoms with Gasteiger partial charge in [-0.15, -0.1) is 0 Å². The molecule has 0 fully saturated rings. The van der Waals surface area contributed by atoms with Gasteiger partial charge >= 0.3 is 5.97 Å². The van der Waals surface area contributed by atoms with Crippen molar-refractivity contribution >= 4 is 5.97 Å². The zero-order chi connectivity index (χ0) is 23.5. The Kier molecular flexibility index (Phi) is 9.71. The first kappa shape index (κ1) is 24.7. The van der Waals surface area contributed by atoms with Crippen LogP contribution in [0.5, 0.6) is 0 Å². The quantitative estimate of drug-likeness (QED) is 0.160. The van der Waals surface area contributed by atoms with Crippen LogP contribution in [-0.4, -0.2) is 12.6 Å². The van der Waals surface area contributed by atoms with E-state index in [1.807, 2.05) is 36.4 Å². The molecule has 0 heterocycles. The SMILES string of the molecule is CCCCCCOOC(=O)c1ccc(-c2ccc(C[C@@H](C)CC)cc2)c(-c2ccccc2)c1. The lowest BCUT2D eigenvalue weighted by Crippen LogP contribution is -2.07. The number of hydrogen-bond donors (Lipinski definition) is 0. The molecule has 0 spiro atoms. The summed E-state index contributed by atoms with van der Waals surface area (Å²) in [5.41, 5.74) is 6.13. The Morgan fingerprint density at radius 2 is 1.55 bits per heavy atom. The lowest BCUT2D eigenvalue weighted by atomic mass is 9.91. The van der Waals surface area contributed by atoms with Crippen molar-refractivity contribution in [1.82, 2.24) is 0 Å². The van der Waals surface area contributed by atoms with Crippen molar-refractivity contribution in [2.75, 3.05) is 6.61 Å². The number of carbonyl (C=O) groups excluding carboxylic acids is 1. The molecule has 0 bridgehead atoms. The lowest BCUT2D eigenvalue weighted by molar-refractivity contribution is -0.241. The number of unbranched alkanes of at least 4 members (excludes halogenated alkanes) is 3. The van der Waals surface area contributed by atoms with E-state index in [1.54, 1.807) is 0 Å². The highest BCUT2D eigenvalue weighted by molar-refractivity contribution is 5.94. The maximum Gasteiger partial charge on any atom is 0.373 e. The minimum atomic E-state index is -0.460. The normalized spacial score (nSPS) is 11.8. The van der Waals surface area contributed by atoms with Crippen LogP contribution in [0.15, 0.2) is 72.8 Å². The number of benzene rings is 3. The van der Waals surface area contributed by atoms with Gasteiger partial charge in [0.1, 0.15) is 0 Å². The Balaban J connectivity index is 1.81. The molecular weight excluding hydrogens is 408 g/mol. The van der Waals surface area contributed by atoms with Gasteiger partial charge < -0.3 is 0 Å². The van der Waals surface area contributed by atoms with Crippen molar-refractivity contribution in [1.29, 1.82) is 0 Å². The summed E-state index contributed by atoms with van der Waals surface area (Å²) in [7, 11) is 0. The smallest absolute Gasteiger partial charge is 0.293 e. The van der Waals surface area contributed by atoms with E-state index in [1.165, 1.54) is 12.0 Å². The summed E-state index contributed by atoms with van der Waals surface area (Å²) < 4.78 is 0. The van der Waals surface area contributed by atoms with Crippen molar-refractivity contribution in [2.45, 2.75) is 59.3 Å². The first-order valence-corrected chi connectivity index (χ1v) is 12.2.